The van der Waals surface area contributed by atoms with Gasteiger partial charge in [0.15, 0.2) is 0 Å². The Morgan fingerprint density at radius 1 is 1.44 bits per heavy atom. The van der Waals surface area contributed by atoms with E-state index in [1.165, 1.54) is 0 Å². The lowest BCUT2D eigenvalue weighted by atomic mass is 10.3. The van der Waals surface area contributed by atoms with E-state index >= 15 is 0 Å². The van der Waals surface area contributed by atoms with Crippen LogP contribution in [0.4, 0.5) is 0 Å². The number of nitrogens with one attached hydrogen (secondary N) is 2. The number of nitrogens with zero attached hydrogens (tertiary/aromatic N) is 1. The molecule has 0 atom stereocenters. The molecular weight excluding hydrogens is 222 g/mol. The van der Waals surface area contributed by atoms with Crippen LogP contribution < -0.4 is 16.6 Å². The van der Waals surface area contributed by atoms with Gasteiger partial charge in [0, 0.05) is 6.20 Å². The molecule has 0 aliphatic rings. The third-order valence-electron chi connectivity index (χ3n) is 1.60. The van der Waals surface area contributed by atoms with Gasteiger partial charge in [-0.05, 0) is 0 Å². The van der Waals surface area contributed by atoms with E-state index in [-0.39, 0.29) is 4.73 Å². The van der Waals surface area contributed by atoms with Gasteiger partial charge >= 0.3 is 17.2 Å². The standard InChI is InChI=1S/C7H7N3O6/c11-4(12)2-8-5(13)3-1-9-7(15)10(16)6(3)14/h1,16H,2H2,(H,8,13)(H,9,15)(H,11,12). The highest BCUT2D eigenvalue weighted by atomic mass is 16.5. The lowest BCUT2D eigenvalue weighted by molar-refractivity contribution is -0.135. The number of carboxylic acids is 1. The Balaban J connectivity index is 3.02. The van der Waals surface area contributed by atoms with Crippen molar-refractivity contribution in [2.45, 2.75) is 0 Å². The highest BCUT2D eigenvalue weighted by molar-refractivity contribution is 5.95. The predicted octanol–water partition coefficient (Wildman–Crippen LogP) is -2.41. The van der Waals surface area contributed by atoms with Gasteiger partial charge in [-0.1, -0.05) is 4.73 Å². The fraction of sp³-hybridized carbons (Fsp3) is 0.143. The monoisotopic (exact) mass is 229 g/mol. The Hall–Kier alpha value is -2.58. The second-order valence-electron chi connectivity index (χ2n) is 2.70. The van der Waals surface area contributed by atoms with Crippen molar-refractivity contribution >= 4 is 11.9 Å². The average molecular weight is 229 g/mol. The number of aromatic nitrogens is 2. The number of H-pyrrole nitrogens is 1. The maximum absolute atomic E-state index is 11.2. The van der Waals surface area contributed by atoms with Crippen molar-refractivity contribution in [3.05, 3.63) is 32.6 Å². The van der Waals surface area contributed by atoms with Crippen LogP contribution in [-0.2, 0) is 4.79 Å². The Bertz CT molecular complexity index is 542. The summed E-state index contributed by atoms with van der Waals surface area (Å²) in [6, 6.07) is 0. The molecule has 1 rings (SSSR count). The van der Waals surface area contributed by atoms with E-state index in [9.17, 15) is 19.2 Å². The molecule has 0 saturated carbocycles. The Morgan fingerprint density at radius 3 is 2.62 bits per heavy atom. The Labute approximate surface area is 86.9 Å². The second kappa shape index (κ2) is 4.29. The zero-order chi connectivity index (χ0) is 12.3. The smallest absolute Gasteiger partial charge is 0.361 e. The maximum atomic E-state index is 11.2. The van der Waals surface area contributed by atoms with Crippen molar-refractivity contribution in [3.63, 3.8) is 0 Å². The average Bonchev–Trinajstić information content (AvgIpc) is 2.23. The van der Waals surface area contributed by atoms with Gasteiger partial charge in [0.25, 0.3) is 5.91 Å². The first kappa shape index (κ1) is 11.5. The topological polar surface area (TPSA) is 141 Å². The molecule has 0 spiro atoms. The van der Waals surface area contributed by atoms with Crippen molar-refractivity contribution in [1.82, 2.24) is 15.0 Å². The van der Waals surface area contributed by atoms with Gasteiger partial charge in [-0.2, -0.15) is 0 Å². The molecule has 0 saturated heterocycles. The summed E-state index contributed by atoms with van der Waals surface area (Å²) in [5, 5.41) is 19.1. The molecule has 9 heteroatoms. The van der Waals surface area contributed by atoms with E-state index in [1.54, 1.807) is 0 Å². The van der Waals surface area contributed by atoms with Gasteiger partial charge < -0.3 is 20.6 Å². The van der Waals surface area contributed by atoms with Gasteiger partial charge in [-0.25, -0.2) is 4.79 Å². The molecular formula is C7H7N3O6. The number of hydrogen-bond acceptors (Lipinski definition) is 5. The van der Waals surface area contributed by atoms with Gasteiger partial charge in [-0.3, -0.25) is 14.4 Å². The normalized spacial score (nSPS) is 9.75. The molecule has 4 N–H and O–H groups in total. The number of rotatable bonds is 3. The van der Waals surface area contributed by atoms with E-state index in [0.29, 0.717) is 0 Å². The summed E-state index contributed by atoms with van der Waals surface area (Å²) in [7, 11) is 0. The number of aromatic amines is 1. The van der Waals surface area contributed by atoms with Crippen molar-refractivity contribution in [2.75, 3.05) is 6.54 Å². The van der Waals surface area contributed by atoms with Crippen molar-refractivity contribution in [1.29, 1.82) is 0 Å². The molecule has 0 fully saturated rings. The second-order valence-corrected chi connectivity index (χ2v) is 2.70. The van der Waals surface area contributed by atoms with Crippen LogP contribution in [-0.4, -0.2) is 38.4 Å². The van der Waals surface area contributed by atoms with E-state index in [0.717, 1.165) is 6.20 Å². The number of carbonyl (C=O) groups is 2. The van der Waals surface area contributed by atoms with Crippen LogP contribution in [0.1, 0.15) is 10.4 Å². The third kappa shape index (κ3) is 2.26. The first-order chi connectivity index (χ1) is 7.43. The van der Waals surface area contributed by atoms with Crippen molar-refractivity contribution in [3.8, 4) is 0 Å². The van der Waals surface area contributed by atoms with Gasteiger partial charge in [0.2, 0.25) is 0 Å². The molecule has 16 heavy (non-hydrogen) atoms. The fourth-order valence-corrected chi connectivity index (χ4v) is 0.877. The minimum Gasteiger partial charge on any atom is -0.480 e. The first-order valence-corrected chi connectivity index (χ1v) is 3.97. The van der Waals surface area contributed by atoms with Crippen molar-refractivity contribution in [2.24, 2.45) is 0 Å². The quantitative estimate of drug-likeness (QED) is 0.425. The van der Waals surface area contributed by atoms with Crippen LogP contribution in [0.2, 0.25) is 0 Å². The number of carboxylic acid groups (broad SMARTS) is 1. The Kier molecular flexibility index (Phi) is 3.09. The van der Waals surface area contributed by atoms with Crippen LogP contribution in [0.3, 0.4) is 0 Å². The first-order valence-electron chi connectivity index (χ1n) is 3.97. The highest BCUT2D eigenvalue weighted by Gasteiger charge is 2.14. The largest absolute Gasteiger partial charge is 0.480 e. The van der Waals surface area contributed by atoms with Gasteiger partial charge in [0.05, 0.1) is 0 Å². The zero-order valence-corrected chi connectivity index (χ0v) is 7.76. The summed E-state index contributed by atoms with van der Waals surface area (Å²) in [5.74, 6) is -2.30. The van der Waals surface area contributed by atoms with E-state index in [4.69, 9.17) is 10.3 Å². The minimum absolute atomic E-state index is 0.282. The molecule has 0 bridgehead atoms. The van der Waals surface area contributed by atoms with Crippen LogP contribution in [0.25, 0.3) is 0 Å². The number of aliphatic carboxylic acids is 1. The summed E-state index contributed by atoms with van der Waals surface area (Å²) in [6.45, 7) is -0.678. The number of amides is 1. The fourth-order valence-electron chi connectivity index (χ4n) is 0.877. The third-order valence-corrected chi connectivity index (χ3v) is 1.60. The van der Waals surface area contributed by atoms with Crippen LogP contribution in [0, 0.1) is 0 Å². The van der Waals surface area contributed by atoms with Gasteiger partial charge in [-0.15, -0.1) is 0 Å². The zero-order valence-electron chi connectivity index (χ0n) is 7.76. The van der Waals surface area contributed by atoms with E-state index < -0.39 is 35.2 Å². The molecule has 1 aromatic heterocycles. The number of carbonyl (C=O) groups excluding carboxylic acids is 1. The lowest BCUT2D eigenvalue weighted by Gasteiger charge is -2.01. The predicted molar refractivity (Wildman–Crippen MR) is 48.5 cm³/mol. The molecule has 9 nitrogen and oxygen atoms in total. The Morgan fingerprint density at radius 2 is 2.06 bits per heavy atom. The van der Waals surface area contributed by atoms with Gasteiger partial charge in [0.1, 0.15) is 12.1 Å². The molecule has 1 heterocycles. The van der Waals surface area contributed by atoms with E-state index in [2.05, 4.69) is 0 Å². The minimum atomic E-state index is -1.29. The molecule has 0 aliphatic carbocycles. The molecule has 1 aromatic rings. The molecule has 86 valence electrons. The summed E-state index contributed by atoms with van der Waals surface area (Å²) in [6.07, 6.45) is 0.786. The molecule has 1 amide bonds. The SMILES string of the molecule is O=C(O)CNC(=O)c1c[nH]c(=O)n(O)c1=O. The van der Waals surface area contributed by atoms with Crippen LogP contribution in [0.5, 0.6) is 0 Å². The summed E-state index contributed by atoms with van der Waals surface area (Å²) in [4.78, 5) is 45.1. The van der Waals surface area contributed by atoms with Crippen molar-refractivity contribution < 1.29 is 19.9 Å². The van der Waals surface area contributed by atoms with Crippen LogP contribution in [0.15, 0.2) is 15.8 Å². The van der Waals surface area contributed by atoms with Crippen LogP contribution >= 0.6 is 0 Å². The number of hydrogen-bond donors (Lipinski definition) is 4. The maximum Gasteiger partial charge on any atom is 0.361 e. The molecule has 0 unspecified atom stereocenters. The summed E-state index contributed by atoms with van der Waals surface area (Å²) < 4.78 is -0.282. The summed E-state index contributed by atoms with van der Waals surface area (Å²) in [5.41, 5.74) is -2.89. The lowest BCUT2D eigenvalue weighted by Crippen LogP contribution is -2.40. The molecule has 0 aromatic carbocycles. The van der Waals surface area contributed by atoms with E-state index in [1.807, 2.05) is 10.3 Å². The summed E-state index contributed by atoms with van der Waals surface area (Å²) >= 11 is 0. The highest BCUT2D eigenvalue weighted by Crippen LogP contribution is 1.84. The molecule has 0 radical (unpaired) electrons. The molecule has 0 aliphatic heterocycles.